The van der Waals surface area contributed by atoms with Crippen LogP contribution in [-0.4, -0.2) is 27.9 Å². The number of thioether (sulfide) groups is 1. The highest BCUT2D eigenvalue weighted by Crippen LogP contribution is 2.15. The van der Waals surface area contributed by atoms with Gasteiger partial charge in [-0.3, -0.25) is 0 Å². The number of aryl methyl sites for hydroxylation is 1. The first-order chi connectivity index (χ1) is 9.65. The fourth-order valence-corrected chi connectivity index (χ4v) is 2.52. The predicted molar refractivity (Wildman–Crippen MR) is 82.4 cm³/mol. The fourth-order valence-electron chi connectivity index (χ4n) is 1.54. The van der Waals surface area contributed by atoms with Gasteiger partial charge in [0.2, 0.25) is 0 Å². The molecule has 7 heteroatoms. The molecule has 106 valence electrons. The van der Waals surface area contributed by atoms with Crippen LogP contribution in [0.1, 0.15) is 0 Å². The summed E-state index contributed by atoms with van der Waals surface area (Å²) in [5.41, 5.74) is 0.673. The van der Waals surface area contributed by atoms with Crippen molar-refractivity contribution < 1.29 is 4.79 Å². The van der Waals surface area contributed by atoms with E-state index < -0.39 is 0 Å². The largest absolute Gasteiger partial charge is 0.337 e. The average Bonchev–Trinajstić information content (AvgIpc) is 2.80. The van der Waals surface area contributed by atoms with Gasteiger partial charge in [-0.15, -0.1) is 0 Å². The molecule has 0 saturated carbocycles. The van der Waals surface area contributed by atoms with Crippen molar-refractivity contribution in [2.75, 3.05) is 17.6 Å². The molecular formula is C13H15ClN4OS. The molecule has 1 heterocycles. The summed E-state index contributed by atoms with van der Waals surface area (Å²) in [6, 6.07) is 6.79. The van der Waals surface area contributed by atoms with Crippen molar-refractivity contribution in [3.05, 3.63) is 41.7 Å². The number of urea groups is 1. The summed E-state index contributed by atoms with van der Waals surface area (Å²) in [6.45, 7) is 0.559. The lowest BCUT2D eigenvalue weighted by Gasteiger charge is -2.07. The molecular weight excluding hydrogens is 296 g/mol. The van der Waals surface area contributed by atoms with Crippen LogP contribution in [0, 0.1) is 0 Å². The van der Waals surface area contributed by atoms with Gasteiger partial charge in [-0.2, -0.15) is 0 Å². The van der Waals surface area contributed by atoms with Crippen LogP contribution in [0.4, 0.5) is 10.5 Å². The Hall–Kier alpha value is -1.66. The average molecular weight is 311 g/mol. The van der Waals surface area contributed by atoms with Crippen molar-refractivity contribution in [2.45, 2.75) is 5.16 Å². The van der Waals surface area contributed by atoms with Gasteiger partial charge in [0.05, 0.1) is 0 Å². The molecule has 2 amide bonds. The molecule has 5 nitrogen and oxygen atoms in total. The van der Waals surface area contributed by atoms with Crippen molar-refractivity contribution in [1.29, 1.82) is 0 Å². The molecule has 1 aromatic heterocycles. The van der Waals surface area contributed by atoms with E-state index in [-0.39, 0.29) is 6.03 Å². The standard InChI is InChI=1S/C13H15ClN4OS/c1-18-7-5-16-13(18)20-8-6-15-12(19)17-11-4-2-3-10(14)9-11/h2-5,7,9H,6,8H2,1H3,(H2,15,17,19). The number of nitrogens with one attached hydrogen (secondary N) is 2. The number of carbonyl (C=O) groups is 1. The summed E-state index contributed by atoms with van der Waals surface area (Å²) in [5.74, 6) is 0.758. The highest BCUT2D eigenvalue weighted by molar-refractivity contribution is 7.99. The van der Waals surface area contributed by atoms with Crippen LogP contribution >= 0.6 is 23.4 Å². The Balaban J connectivity index is 1.69. The van der Waals surface area contributed by atoms with Crippen molar-refractivity contribution in [3.63, 3.8) is 0 Å². The van der Waals surface area contributed by atoms with E-state index in [0.717, 1.165) is 10.9 Å². The van der Waals surface area contributed by atoms with E-state index in [1.807, 2.05) is 17.8 Å². The summed E-state index contributed by atoms with van der Waals surface area (Å²) in [5, 5.41) is 7.03. The summed E-state index contributed by atoms with van der Waals surface area (Å²) in [4.78, 5) is 15.8. The molecule has 1 aromatic carbocycles. The molecule has 0 saturated heterocycles. The predicted octanol–water partition coefficient (Wildman–Crippen LogP) is 2.99. The normalized spacial score (nSPS) is 10.3. The van der Waals surface area contributed by atoms with Gasteiger partial charge in [0.1, 0.15) is 0 Å². The number of carbonyl (C=O) groups excluding carboxylic acids is 1. The number of nitrogens with zero attached hydrogens (tertiary/aromatic N) is 2. The second-order valence-electron chi connectivity index (χ2n) is 4.06. The van der Waals surface area contributed by atoms with Gasteiger partial charge in [0, 0.05) is 42.4 Å². The number of halogens is 1. The van der Waals surface area contributed by atoms with Crippen molar-refractivity contribution in [2.24, 2.45) is 7.05 Å². The molecule has 0 aliphatic heterocycles. The molecule has 0 aliphatic rings. The van der Waals surface area contributed by atoms with Crippen molar-refractivity contribution in [3.8, 4) is 0 Å². The number of aromatic nitrogens is 2. The number of hydrogen-bond donors (Lipinski definition) is 2. The minimum absolute atomic E-state index is 0.243. The fraction of sp³-hybridized carbons (Fsp3) is 0.231. The van der Waals surface area contributed by atoms with Crippen LogP contribution in [-0.2, 0) is 7.05 Å². The summed E-state index contributed by atoms with van der Waals surface area (Å²) in [6.07, 6.45) is 3.64. The van der Waals surface area contributed by atoms with Crippen LogP contribution in [0.5, 0.6) is 0 Å². The lowest BCUT2D eigenvalue weighted by Crippen LogP contribution is -2.30. The van der Waals surface area contributed by atoms with Gasteiger partial charge in [0.15, 0.2) is 5.16 Å². The van der Waals surface area contributed by atoms with Crippen LogP contribution in [0.15, 0.2) is 41.8 Å². The minimum atomic E-state index is -0.243. The zero-order valence-corrected chi connectivity index (χ0v) is 12.5. The number of amides is 2. The third-order valence-corrected chi connectivity index (χ3v) is 3.77. The smallest absolute Gasteiger partial charge is 0.319 e. The quantitative estimate of drug-likeness (QED) is 0.659. The molecule has 2 rings (SSSR count). The van der Waals surface area contributed by atoms with E-state index in [2.05, 4.69) is 15.6 Å². The van der Waals surface area contributed by atoms with E-state index in [4.69, 9.17) is 11.6 Å². The third-order valence-electron chi connectivity index (χ3n) is 2.48. The SMILES string of the molecule is Cn1ccnc1SCCNC(=O)Nc1cccc(Cl)c1. The van der Waals surface area contributed by atoms with Gasteiger partial charge >= 0.3 is 6.03 Å². The zero-order valence-electron chi connectivity index (χ0n) is 11.0. The van der Waals surface area contributed by atoms with Crippen LogP contribution in [0.2, 0.25) is 5.02 Å². The van der Waals surface area contributed by atoms with Gasteiger partial charge < -0.3 is 15.2 Å². The second-order valence-corrected chi connectivity index (χ2v) is 5.56. The molecule has 2 N–H and O–H groups in total. The molecule has 0 bridgehead atoms. The van der Waals surface area contributed by atoms with Crippen molar-refractivity contribution in [1.82, 2.24) is 14.9 Å². The highest BCUT2D eigenvalue weighted by Gasteiger charge is 2.03. The van der Waals surface area contributed by atoms with Gasteiger partial charge in [0.25, 0.3) is 0 Å². The number of hydrogen-bond acceptors (Lipinski definition) is 3. The van der Waals surface area contributed by atoms with Crippen LogP contribution < -0.4 is 10.6 Å². The summed E-state index contributed by atoms with van der Waals surface area (Å²) < 4.78 is 1.94. The number of rotatable bonds is 5. The number of benzene rings is 1. The molecule has 0 unspecified atom stereocenters. The molecule has 0 fully saturated rings. The first-order valence-electron chi connectivity index (χ1n) is 6.05. The van der Waals surface area contributed by atoms with E-state index in [9.17, 15) is 4.79 Å². The Morgan fingerprint density at radius 3 is 3.05 bits per heavy atom. The lowest BCUT2D eigenvalue weighted by atomic mass is 10.3. The Labute approximate surface area is 126 Å². The Morgan fingerprint density at radius 2 is 2.35 bits per heavy atom. The third kappa shape index (κ3) is 4.47. The number of anilines is 1. The topological polar surface area (TPSA) is 59.0 Å². The highest BCUT2D eigenvalue weighted by atomic mass is 35.5. The molecule has 0 radical (unpaired) electrons. The van der Waals surface area contributed by atoms with E-state index in [0.29, 0.717) is 17.3 Å². The monoisotopic (exact) mass is 310 g/mol. The lowest BCUT2D eigenvalue weighted by molar-refractivity contribution is 0.252. The molecule has 0 aliphatic carbocycles. The molecule has 0 spiro atoms. The van der Waals surface area contributed by atoms with Crippen molar-refractivity contribution >= 4 is 35.1 Å². The second kappa shape index (κ2) is 7.21. The summed E-state index contributed by atoms with van der Waals surface area (Å²) in [7, 11) is 1.94. The zero-order chi connectivity index (χ0) is 14.4. The molecule has 0 atom stereocenters. The van der Waals surface area contributed by atoms with Gasteiger partial charge in [-0.05, 0) is 18.2 Å². The first-order valence-corrected chi connectivity index (χ1v) is 7.42. The first kappa shape index (κ1) is 14.7. The van der Waals surface area contributed by atoms with E-state index in [1.54, 1.807) is 42.2 Å². The summed E-state index contributed by atoms with van der Waals surface area (Å²) >= 11 is 7.44. The Bertz CT molecular complexity index is 587. The molecule has 20 heavy (non-hydrogen) atoms. The van der Waals surface area contributed by atoms with Gasteiger partial charge in [-0.1, -0.05) is 29.4 Å². The maximum absolute atomic E-state index is 11.7. The minimum Gasteiger partial charge on any atom is -0.337 e. The van der Waals surface area contributed by atoms with Crippen LogP contribution in [0.3, 0.4) is 0 Å². The van der Waals surface area contributed by atoms with E-state index >= 15 is 0 Å². The Morgan fingerprint density at radius 1 is 1.50 bits per heavy atom. The maximum Gasteiger partial charge on any atom is 0.319 e. The number of imidazole rings is 1. The molecule has 2 aromatic rings. The Kier molecular flexibility index (Phi) is 5.31. The maximum atomic E-state index is 11.7. The van der Waals surface area contributed by atoms with Crippen LogP contribution in [0.25, 0.3) is 0 Å². The van der Waals surface area contributed by atoms with E-state index in [1.165, 1.54) is 0 Å². The van der Waals surface area contributed by atoms with Gasteiger partial charge in [-0.25, -0.2) is 9.78 Å².